The van der Waals surface area contributed by atoms with Crippen LogP contribution in [-0.2, 0) is 9.84 Å². The van der Waals surface area contributed by atoms with Crippen molar-refractivity contribution in [1.29, 1.82) is 0 Å². The second-order valence-corrected chi connectivity index (χ2v) is 6.01. The van der Waals surface area contributed by atoms with E-state index in [1.165, 1.54) is 6.92 Å². The first-order chi connectivity index (χ1) is 6.69. The lowest BCUT2D eigenvalue weighted by atomic mass is 10.3. The highest BCUT2D eigenvalue weighted by Gasteiger charge is 2.28. The number of hydrogen-bond donors (Lipinski definition) is 1. The van der Waals surface area contributed by atoms with Gasteiger partial charge in [-0.15, -0.1) is 0 Å². The summed E-state index contributed by atoms with van der Waals surface area (Å²) in [7, 11) is -3.42. The minimum absolute atomic E-state index is 0.222. The fraction of sp³-hybridized carbons (Fsp3) is 1.00. The van der Waals surface area contributed by atoms with E-state index < -0.39 is 33.4 Å². The molecule has 3 nitrogen and oxygen atoms in total. The minimum Gasteiger partial charge on any atom is -0.330 e. The minimum atomic E-state index is -4.29. The van der Waals surface area contributed by atoms with Crippen LogP contribution < -0.4 is 5.73 Å². The third-order valence-electron chi connectivity index (χ3n) is 2.08. The smallest absolute Gasteiger partial charge is 0.330 e. The highest BCUT2D eigenvalue weighted by molar-refractivity contribution is 7.91. The largest absolute Gasteiger partial charge is 0.389 e. The first kappa shape index (κ1) is 14.7. The first-order valence-corrected chi connectivity index (χ1v) is 6.39. The fourth-order valence-corrected chi connectivity index (χ4v) is 2.53. The molecular weight excluding hydrogens is 231 g/mol. The van der Waals surface area contributed by atoms with Crippen LogP contribution in [0.5, 0.6) is 0 Å². The van der Waals surface area contributed by atoms with Gasteiger partial charge in [0.15, 0.2) is 9.84 Å². The molecule has 0 aromatic rings. The summed E-state index contributed by atoms with van der Waals surface area (Å²) >= 11 is 0. The lowest BCUT2D eigenvalue weighted by molar-refractivity contribution is -0.134. The standard InChI is InChI=1S/C8H16F3NO2S/c1-7(3-5-12)15(13,14)6-2-4-8(9,10)11/h7H,2-6,12H2,1H3. The Bertz CT molecular complexity index is 274. The van der Waals surface area contributed by atoms with Gasteiger partial charge < -0.3 is 5.73 Å². The van der Waals surface area contributed by atoms with Crippen LogP contribution in [0.4, 0.5) is 13.2 Å². The second kappa shape index (κ2) is 5.69. The fourth-order valence-electron chi connectivity index (χ4n) is 1.09. The lowest BCUT2D eigenvalue weighted by Crippen LogP contribution is -2.24. The van der Waals surface area contributed by atoms with Crippen molar-refractivity contribution in [2.24, 2.45) is 5.73 Å². The van der Waals surface area contributed by atoms with Crippen molar-refractivity contribution in [3.8, 4) is 0 Å². The zero-order chi connectivity index (χ0) is 12.1. The Morgan fingerprint density at radius 3 is 2.27 bits per heavy atom. The van der Waals surface area contributed by atoms with Gasteiger partial charge >= 0.3 is 6.18 Å². The van der Waals surface area contributed by atoms with Crippen LogP contribution >= 0.6 is 0 Å². The number of hydrogen-bond acceptors (Lipinski definition) is 3. The van der Waals surface area contributed by atoms with Crippen LogP contribution in [-0.4, -0.2) is 32.1 Å². The molecule has 0 aliphatic carbocycles. The molecule has 15 heavy (non-hydrogen) atoms. The number of halogens is 3. The molecule has 7 heteroatoms. The van der Waals surface area contributed by atoms with E-state index in [1.807, 2.05) is 0 Å². The van der Waals surface area contributed by atoms with Crippen molar-refractivity contribution in [2.45, 2.75) is 37.6 Å². The third-order valence-corrected chi connectivity index (χ3v) is 4.39. The van der Waals surface area contributed by atoms with Crippen molar-refractivity contribution in [2.75, 3.05) is 12.3 Å². The Balaban J connectivity index is 4.06. The Hall–Kier alpha value is -0.300. The molecule has 1 unspecified atom stereocenters. The predicted molar refractivity (Wildman–Crippen MR) is 52.2 cm³/mol. The Labute approximate surface area is 87.8 Å². The zero-order valence-electron chi connectivity index (χ0n) is 8.55. The van der Waals surface area contributed by atoms with E-state index in [0.29, 0.717) is 0 Å². The summed E-state index contributed by atoms with van der Waals surface area (Å²) in [5.41, 5.74) is 5.18. The Morgan fingerprint density at radius 1 is 1.33 bits per heavy atom. The summed E-state index contributed by atoms with van der Waals surface area (Å²) < 4.78 is 58.1. The van der Waals surface area contributed by atoms with Crippen LogP contribution in [0.3, 0.4) is 0 Å². The van der Waals surface area contributed by atoms with Crippen LogP contribution in [0.15, 0.2) is 0 Å². The number of alkyl halides is 3. The maximum atomic E-state index is 11.8. The summed E-state index contributed by atoms with van der Waals surface area (Å²) in [6.45, 7) is 1.69. The van der Waals surface area contributed by atoms with Gasteiger partial charge in [-0.05, 0) is 26.3 Å². The molecule has 0 bridgehead atoms. The van der Waals surface area contributed by atoms with Crippen LogP contribution in [0.2, 0.25) is 0 Å². The van der Waals surface area contributed by atoms with E-state index in [-0.39, 0.29) is 19.4 Å². The van der Waals surface area contributed by atoms with Crippen molar-refractivity contribution in [1.82, 2.24) is 0 Å². The van der Waals surface area contributed by atoms with Gasteiger partial charge in [0.2, 0.25) is 0 Å². The summed E-state index contributed by atoms with van der Waals surface area (Å²) in [6, 6.07) is 0. The Kier molecular flexibility index (Phi) is 5.58. The van der Waals surface area contributed by atoms with Crippen molar-refractivity contribution in [3.05, 3.63) is 0 Å². The van der Waals surface area contributed by atoms with Gasteiger partial charge in [-0.2, -0.15) is 13.2 Å². The van der Waals surface area contributed by atoms with Gasteiger partial charge in [0.25, 0.3) is 0 Å². The lowest BCUT2D eigenvalue weighted by Gasteiger charge is -2.12. The average Bonchev–Trinajstić information content (AvgIpc) is 2.01. The van der Waals surface area contributed by atoms with Crippen LogP contribution in [0.1, 0.15) is 26.2 Å². The van der Waals surface area contributed by atoms with E-state index in [4.69, 9.17) is 5.73 Å². The van der Waals surface area contributed by atoms with Crippen molar-refractivity contribution < 1.29 is 21.6 Å². The van der Waals surface area contributed by atoms with Gasteiger partial charge in [-0.25, -0.2) is 8.42 Å². The molecule has 0 spiro atoms. The monoisotopic (exact) mass is 247 g/mol. The summed E-state index contributed by atoms with van der Waals surface area (Å²) in [5, 5.41) is -0.657. The summed E-state index contributed by atoms with van der Waals surface area (Å²) in [4.78, 5) is 0. The molecule has 0 aliphatic heterocycles. The average molecular weight is 247 g/mol. The first-order valence-electron chi connectivity index (χ1n) is 4.67. The predicted octanol–water partition coefficient (Wildman–Crippen LogP) is 1.48. The summed E-state index contributed by atoms with van der Waals surface area (Å²) in [6.07, 6.45) is -5.43. The molecule has 0 heterocycles. The molecule has 0 saturated heterocycles. The second-order valence-electron chi connectivity index (χ2n) is 3.47. The molecule has 92 valence electrons. The molecule has 0 radical (unpaired) electrons. The quantitative estimate of drug-likeness (QED) is 0.773. The molecule has 0 saturated carbocycles. The summed E-state index contributed by atoms with van der Waals surface area (Å²) in [5.74, 6) is -0.423. The van der Waals surface area contributed by atoms with Crippen LogP contribution in [0, 0.1) is 0 Å². The molecule has 2 N–H and O–H groups in total. The topological polar surface area (TPSA) is 60.2 Å². The molecule has 0 aliphatic rings. The van der Waals surface area contributed by atoms with Gasteiger partial charge in [0.1, 0.15) is 0 Å². The molecular formula is C8H16F3NO2S. The highest BCUT2D eigenvalue weighted by Crippen LogP contribution is 2.22. The number of sulfone groups is 1. The normalized spacial score (nSPS) is 15.3. The van der Waals surface area contributed by atoms with Crippen LogP contribution in [0.25, 0.3) is 0 Å². The van der Waals surface area contributed by atoms with E-state index >= 15 is 0 Å². The SMILES string of the molecule is CC(CCN)S(=O)(=O)CCCC(F)(F)F. The molecule has 0 rings (SSSR count). The maximum Gasteiger partial charge on any atom is 0.389 e. The molecule has 0 fully saturated rings. The Morgan fingerprint density at radius 2 is 1.87 bits per heavy atom. The van der Waals surface area contributed by atoms with E-state index in [0.717, 1.165) is 0 Å². The number of rotatable bonds is 6. The maximum absolute atomic E-state index is 11.8. The molecule has 0 aromatic heterocycles. The van der Waals surface area contributed by atoms with E-state index in [2.05, 4.69) is 0 Å². The van der Waals surface area contributed by atoms with Gasteiger partial charge in [0, 0.05) is 6.42 Å². The van der Waals surface area contributed by atoms with Gasteiger partial charge in [0.05, 0.1) is 11.0 Å². The zero-order valence-corrected chi connectivity index (χ0v) is 9.37. The van der Waals surface area contributed by atoms with E-state index in [9.17, 15) is 21.6 Å². The molecule has 1 atom stereocenters. The van der Waals surface area contributed by atoms with Gasteiger partial charge in [-0.1, -0.05) is 0 Å². The van der Waals surface area contributed by atoms with Gasteiger partial charge in [-0.3, -0.25) is 0 Å². The van der Waals surface area contributed by atoms with E-state index in [1.54, 1.807) is 0 Å². The van der Waals surface area contributed by atoms with Crippen molar-refractivity contribution >= 4 is 9.84 Å². The molecule has 0 amide bonds. The molecule has 0 aromatic carbocycles. The third kappa shape index (κ3) is 6.72. The highest BCUT2D eigenvalue weighted by atomic mass is 32.2. The van der Waals surface area contributed by atoms with Crippen molar-refractivity contribution in [3.63, 3.8) is 0 Å². The number of nitrogens with two attached hydrogens (primary N) is 1.